The van der Waals surface area contributed by atoms with Crippen LogP contribution in [-0.4, -0.2) is 78.0 Å². The number of nitrogens with two attached hydrogens (primary N) is 1. The van der Waals surface area contributed by atoms with Crippen LogP contribution < -0.4 is 16.0 Å². The molecule has 1 aromatic carbocycles. The van der Waals surface area contributed by atoms with Gasteiger partial charge in [-0.1, -0.05) is 18.2 Å². The number of halogens is 4. The van der Waals surface area contributed by atoms with Crippen LogP contribution in [0, 0.1) is 0 Å². The van der Waals surface area contributed by atoms with Crippen molar-refractivity contribution in [3.8, 4) is 0 Å². The van der Waals surface area contributed by atoms with Gasteiger partial charge in [-0.25, -0.2) is 9.97 Å². The molecule has 3 heterocycles. The second kappa shape index (κ2) is 10.8. The molecule has 2 fully saturated rings. The molecular formula is C25H31ClF3N7O. The average Bonchev–Trinajstić information content (AvgIpc) is 2.84. The molecule has 0 spiro atoms. The van der Waals surface area contributed by atoms with Crippen LogP contribution in [0.4, 0.5) is 30.4 Å². The zero-order valence-corrected chi connectivity index (χ0v) is 21.7. The van der Waals surface area contributed by atoms with E-state index in [4.69, 9.17) is 17.3 Å². The number of primary amides is 1. The van der Waals surface area contributed by atoms with E-state index in [0.29, 0.717) is 24.7 Å². The molecule has 0 radical (unpaired) electrons. The molecule has 4 rings (SSSR count). The third-order valence-corrected chi connectivity index (χ3v) is 7.18. The largest absolute Gasteiger partial charge is 0.418 e. The lowest BCUT2D eigenvalue weighted by Gasteiger charge is -2.43. The van der Waals surface area contributed by atoms with Crippen LogP contribution in [0.2, 0.25) is 5.15 Å². The standard InChI is InChI=1S/C25H31ClF3N7O/c1-15(2)20-22(26)33-24(21(32-20)23(30)37)31-16-4-5-19(18(14-16)25(27,28)29)36-8-6-17(7-9-36)35-12-10-34(3)11-13-35/h4-5,14,17H,1,6-13H2,2-3H3,(H2,30,37)(H,31,33). The van der Waals surface area contributed by atoms with Crippen molar-refractivity contribution < 1.29 is 18.0 Å². The van der Waals surface area contributed by atoms with Gasteiger partial charge in [-0.05, 0) is 50.6 Å². The molecular weight excluding hydrogens is 507 g/mol. The number of nitrogens with one attached hydrogen (secondary N) is 1. The predicted octanol–water partition coefficient (Wildman–Crippen LogP) is 4.24. The molecule has 2 saturated heterocycles. The Labute approximate surface area is 219 Å². The predicted molar refractivity (Wildman–Crippen MR) is 139 cm³/mol. The maximum absolute atomic E-state index is 14.1. The van der Waals surface area contributed by atoms with Crippen molar-refractivity contribution in [3.63, 3.8) is 0 Å². The second-order valence-electron chi connectivity index (χ2n) is 9.62. The highest BCUT2D eigenvalue weighted by atomic mass is 35.5. The van der Waals surface area contributed by atoms with Crippen molar-refractivity contribution in [3.05, 3.63) is 46.9 Å². The zero-order valence-electron chi connectivity index (χ0n) is 20.9. The monoisotopic (exact) mass is 537 g/mol. The van der Waals surface area contributed by atoms with E-state index in [1.165, 1.54) is 12.1 Å². The minimum atomic E-state index is -4.58. The quantitative estimate of drug-likeness (QED) is 0.569. The first kappa shape index (κ1) is 27.2. The summed E-state index contributed by atoms with van der Waals surface area (Å²) >= 11 is 6.15. The number of likely N-dealkylation sites (N-methyl/N-ethyl adjacent to an activating group) is 1. The SMILES string of the molecule is C=C(C)c1nc(C(N)=O)c(Nc2ccc(N3CCC(N4CCN(C)CC4)CC3)c(C(F)(F)F)c2)nc1Cl. The Morgan fingerprint density at radius 3 is 2.32 bits per heavy atom. The number of aromatic nitrogens is 2. The van der Waals surface area contributed by atoms with Gasteiger partial charge in [0.15, 0.2) is 16.7 Å². The summed E-state index contributed by atoms with van der Waals surface area (Å²) in [6.45, 7) is 10.5. The number of amides is 1. The maximum atomic E-state index is 14.1. The smallest absolute Gasteiger partial charge is 0.371 e. The van der Waals surface area contributed by atoms with Gasteiger partial charge >= 0.3 is 6.18 Å². The van der Waals surface area contributed by atoms with Gasteiger partial charge in [-0.2, -0.15) is 13.2 Å². The van der Waals surface area contributed by atoms with Crippen molar-refractivity contribution in [1.82, 2.24) is 19.8 Å². The number of carbonyl (C=O) groups excluding carboxylic acids is 1. The summed E-state index contributed by atoms with van der Waals surface area (Å²) in [4.78, 5) is 26.7. The first-order chi connectivity index (χ1) is 17.4. The van der Waals surface area contributed by atoms with Crippen LogP contribution in [0.1, 0.15) is 41.5 Å². The molecule has 0 unspecified atom stereocenters. The van der Waals surface area contributed by atoms with E-state index in [9.17, 15) is 18.0 Å². The van der Waals surface area contributed by atoms with E-state index in [0.717, 1.165) is 45.1 Å². The number of allylic oxidation sites excluding steroid dienone is 1. The number of piperazine rings is 1. The summed E-state index contributed by atoms with van der Waals surface area (Å²) in [5, 5.41) is 2.69. The van der Waals surface area contributed by atoms with Crippen molar-refractivity contribution in [1.29, 1.82) is 0 Å². The Balaban J connectivity index is 1.56. The lowest BCUT2D eigenvalue weighted by Crippen LogP contribution is -2.52. The number of rotatable bonds is 6. The Hall–Kier alpha value is -2.89. The van der Waals surface area contributed by atoms with E-state index in [2.05, 4.69) is 38.7 Å². The Kier molecular flexibility index (Phi) is 7.96. The molecule has 200 valence electrons. The van der Waals surface area contributed by atoms with Crippen molar-refractivity contribution in [2.24, 2.45) is 5.73 Å². The van der Waals surface area contributed by atoms with E-state index in [1.54, 1.807) is 11.8 Å². The summed E-state index contributed by atoms with van der Waals surface area (Å²) < 4.78 is 42.4. The number of hydrogen-bond acceptors (Lipinski definition) is 7. The van der Waals surface area contributed by atoms with Gasteiger partial charge in [0.2, 0.25) is 0 Å². The topological polar surface area (TPSA) is 90.6 Å². The minimum Gasteiger partial charge on any atom is -0.371 e. The van der Waals surface area contributed by atoms with E-state index in [-0.39, 0.29) is 33.7 Å². The minimum absolute atomic E-state index is 0.0455. The van der Waals surface area contributed by atoms with Crippen LogP contribution in [-0.2, 0) is 6.18 Å². The second-order valence-corrected chi connectivity index (χ2v) is 9.97. The number of alkyl halides is 3. The summed E-state index contributed by atoms with van der Waals surface area (Å²) in [5.41, 5.74) is 5.29. The maximum Gasteiger partial charge on any atom is 0.418 e. The molecule has 2 aliphatic rings. The molecule has 37 heavy (non-hydrogen) atoms. The highest BCUT2D eigenvalue weighted by Gasteiger charge is 2.37. The molecule has 0 aliphatic carbocycles. The average molecular weight is 538 g/mol. The molecule has 2 aliphatic heterocycles. The fourth-order valence-corrected chi connectivity index (χ4v) is 5.15. The lowest BCUT2D eigenvalue weighted by atomic mass is 10.00. The summed E-state index contributed by atoms with van der Waals surface area (Å²) in [5.74, 6) is -1.03. The van der Waals surface area contributed by atoms with E-state index >= 15 is 0 Å². The number of nitrogens with zero attached hydrogens (tertiary/aromatic N) is 5. The van der Waals surface area contributed by atoms with Crippen LogP contribution in [0.3, 0.4) is 0 Å². The van der Waals surface area contributed by atoms with Gasteiger partial charge in [0, 0.05) is 56.7 Å². The molecule has 2 aromatic rings. The van der Waals surface area contributed by atoms with E-state index < -0.39 is 17.6 Å². The fourth-order valence-electron chi connectivity index (χ4n) is 4.86. The molecule has 0 bridgehead atoms. The van der Waals surface area contributed by atoms with Crippen molar-refractivity contribution in [2.75, 3.05) is 56.5 Å². The Morgan fingerprint density at radius 2 is 1.76 bits per heavy atom. The van der Waals surface area contributed by atoms with Gasteiger partial charge in [-0.15, -0.1) is 0 Å². The van der Waals surface area contributed by atoms with E-state index in [1.807, 2.05) is 0 Å². The first-order valence-electron chi connectivity index (χ1n) is 12.1. The Bertz CT molecular complexity index is 1170. The highest BCUT2D eigenvalue weighted by molar-refractivity contribution is 6.31. The highest BCUT2D eigenvalue weighted by Crippen LogP contribution is 2.40. The van der Waals surface area contributed by atoms with Crippen molar-refractivity contribution >= 4 is 40.3 Å². The number of hydrogen-bond donors (Lipinski definition) is 2. The molecule has 0 atom stereocenters. The lowest BCUT2D eigenvalue weighted by molar-refractivity contribution is -0.137. The molecule has 0 saturated carbocycles. The molecule has 1 aromatic heterocycles. The van der Waals surface area contributed by atoms with Crippen LogP contribution >= 0.6 is 11.6 Å². The van der Waals surface area contributed by atoms with Gasteiger partial charge in [-0.3, -0.25) is 9.69 Å². The number of benzene rings is 1. The Morgan fingerprint density at radius 1 is 1.11 bits per heavy atom. The molecule has 1 amide bonds. The van der Waals surface area contributed by atoms with Crippen molar-refractivity contribution in [2.45, 2.75) is 32.0 Å². The normalized spacial score (nSPS) is 18.2. The van der Waals surface area contributed by atoms with Crippen LogP contribution in [0.5, 0.6) is 0 Å². The summed E-state index contributed by atoms with van der Waals surface area (Å²) in [6, 6.07) is 4.36. The summed E-state index contributed by atoms with van der Waals surface area (Å²) in [6.07, 6.45) is -2.96. The molecule has 8 nitrogen and oxygen atoms in total. The van der Waals surface area contributed by atoms with Gasteiger partial charge in [0.05, 0.1) is 5.56 Å². The van der Waals surface area contributed by atoms with Gasteiger partial charge < -0.3 is 20.9 Å². The van der Waals surface area contributed by atoms with Crippen LogP contribution in [0.25, 0.3) is 5.57 Å². The fraction of sp³-hybridized carbons (Fsp3) is 0.480. The number of carbonyl (C=O) groups is 1. The first-order valence-corrected chi connectivity index (χ1v) is 12.5. The van der Waals surface area contributed by atoms with Crippen LogP contribution in [0.15, 0.2) is 24.8 Å². The van der Waals surface area contributed by atoms with Gasteiger partial charge in [0.25, 0.3) is 5.91 Å². The zero-order chi connectivity index (χ0) is 26.9. The molecule has 3 N–H and O–H groups in total. The summed E-state index contributed by atoms with van der Waals surface area (Å²) in [7, 11) is 2.10. The number of anilines is 3. The molecule has 12 heteroatoms. The number of piperidine rings is 1. The third-order valence-electron chi connectivity index (χ3n) is 6.92. The third kappa shape index (κ3) is 6.16. The van der Waals surface area contributed by atoms with Gasteiger partial charge in [0.1, 0.15) is 5.69 Å².